The third-order valence-corrected chi connectivity index (χ3v) is 3.76. The van der Waals surface area contributed by atoms with Gasteiger partial charge in [0, 0.05) is 22.7 Å². The van der Waals surface area contributed by atoms with Crippen LogP contribution in [0.15, 0.2) is 48.7 Å². The topological polar surface area (TPSA) is 51.2 Å². The highest BCUT2D eigenvalue weighted by Crippen LogP contribution is 2.28. The number of ether oxygens (including phenoxy) is 1. The highest BCUT2D eigenvalue weighted by molar-refractivity contribution is 6.31. The molecule has 24 heavy (non-hydrogen) atoms. The summed E-state index contributed by atoms with van der Waals surface area (Å²) < 4.78 is 18.3. The molecule has 0 aliphatic heterocycles. The van der Waals surface area contributed by atoms with E-state index in [0.717, 1.165) is 10.8 Å². The van der Waals surface area contributed by atoms with Gasteiger partial charge in [-0.05, 0) is 25.1 Å². The maximum Gasteiger partial charge on any atom is 0.340 e. The number of hydrogen-bond acceptors (Lipinski definition) is 4. The van der Waals surface area contributed by atoms with Crippen LogP contribution < -0.4 is 5.32 Å². The Bertz CT molecular complexity index is 915. The zero-order valence-corrected chi connectivity index (χ0v) is 13.6. The molecule has 0 aliphatic carbocycles. The van der Waals surface area contributed by atoms with Gasteiger partial charge >= 0.3 is 5.97 Å². The van der Waals surface area contributed by atoms with E-state index >= 15 is 0 Å². The molecule has 0 atom stereocenters. The lowest BCUT2D eigenvalue weighted by molar-refractivity contribution is 0.0528. The van der Waals surface area contributed by atoms with Crippen molar-refractivity contribution in [1.29, 1.82) is 0 Å². The Labute approximate surface area is 143 Å². The van der Waals surface area contributed by atoms with Gasteiger partial charge in [-0.2, -0.15) is 0 Å². The van der Waals surface area contributed by atoms with Crippen molar-refractivity contribution in [2.75, 3.05) is 11.9 Å². The van der Waals surface area contributed by atoms with E-state index in [-0.39, 0.29) is 5.02 Å². The number of hydrogen-bond donors (Lipinski definition) is 1. The number of rotatable bonds is 4. The smallest absolute Gasteiger partial charge is 0.340 e. The third kappa shape index (κ3) is 3.16. The van der Waals surface area contributed by atoms with Crippen LogP contribution in [-0.4, -0.2) is 17.6 Å². The van der Waals surface area contributed by atoms with Crippen LogP contribution in [0.2, 0.25) is 5.02 Å². The van der Waals surface area contributed by atoms with Crippen molar-refractivity contribution in [1.82, 2.24) is 4.98 Å². The van der Waals surface area contributed by atoms with Crippen molar-refractivity contribution < 1.29 is 13.9 Å². The van der Waals surface area contributed by atoms with Crippen LogP contribution in [0.4, 0.5) is 15.9 Å². The first-order valence-corrected chi connectivity index (χ1v) is 7.75. The number of nitrogens with one attached hydrogen (secondary N) is 1. The molecule has 0 amide bonds. The monoisotopic (exact) mass is 344 g/mol. The van der Waals surface area contributed by atoms with E-state index in [1.54, 1.807) is 13.0 Å². The van der Waals surface area contributed by atoms with Crippen molar-refractivity contribution in [2.45, 2.75) is 6.92 Å². The SMILES string of the molecule is CCOC(=O)c1cnc(Nc2ccc(F)c(Cl)c2)c2ccccc12. The maximum atomic E-state index is 13.3. The fourth-order valence-corrected chi connectivity index (χ4v) is 2.55. The number of esters is 1. The van der Waals surface area contributed by atoms with Crippen molar-refractivity contribution in [2.24, 2.45) is 0 Å². The van der Waals surface area contributed by atoms with Gasteiger partial charge < -0.3 is 10.1 Å². The zero-order valence-electron chi connectivity index (χ0n) is 12.8. The van der Waals surface area contributed by atoms with Gasteiger partial charge in [0.05, 0.1) is 17.2 Å². The summed E-state index contributed by atoms with van der Waals surface area (Å²) in [5, 5.41) is 4.60. The second-order valence-corrected chi connectivity index (χ2v) is 5.45. The molecule has 3 rings (SSSR count). The highest BCUT2D eigenvalue weighted by atomic mass is 35.5. The summed E-state index contributed by atoms with van der Waals surface area (Å²) in [6.07, 6.45) is 1.47. The minimum Gasteiger partial charge on any atom is -0.462 e. The summed E-state index contributed by atoms with van der Waals surface area (Å²) >= 11 is 5.80. The average molecular weight is 345 g/mol. The van der Waals surface area contributed by atoms with Crippen molar-refractivity contribution >= 4 is 39.8 Å². The fourth-order valence-electron chi connectivity index (χ4n) is 2.37. The first-order chi connectivity index (χ1) is 11.6. The molecule has 0 spiro atoms. The molecule has 0 radical (unpaired) electrons. The standard InChI is InChI=1S/C18H14ClFN2O2/c1-2-24-18(23)14-10-21-17(13-6-4-3-5-12(13)14)22-11-7-8-16(20)15(19)9-11/h3-10H,2H2,1H3,(H,21,22). The summed E-state index contributed by atoms with van der Waals surface area (Å²) in [6.45, 7) is 2.04. The highest BCUT2D eigenvalue weighted by Gasteiger charge is 2.14. The molecule has 1 heterocycles. The zero-order chi connectivity index (χ0) is 17.1. The molecule has 3 aromatic rings. The quantitative estimate of drug-likeness (QED) is 0.680. The van der Waals surface area contributed by atoms with Gasteiger partial charge in [0.15, 0.2) is 0 Å². The van der Waals surface area contributed by atoms with Crippen molar-refractivity contribution in [3.8, 4) is 0 Å². The number of aromatic nitrogens is 1. The van der Waals surface area contributed by atoms with E-state index in [4.69, 9.17) is 16.3 Å². The molecular weight excluding hydrogens is 331 g/mol. The molecule has 4 nitrogen and oxygen atoms in total. The molecule has 6 heteroatoms. The summed E-state index contributed by atoms with van der Waals surface area (Å²) in [4.78, 5) is 16.4. The normalized spacial score (nSPS) is 10.6. The minimum atomic E-state index is -0.488. The number of halogens is 2. The number of benzene rings is 2. The van der Waals surface area contributed by atoms with E-state index in [1.807, 2.05) is 24.3 Å². The Morgan fingerprint density at radius 1 is 1.25 bits per heavy atom. The van der Waals surface area contributed by atoms with Gasteiger partial charge in [0.2, 0.25) is 0 Å². The van der Waals surface area contributed by atoms with Crippen molar-refractivity contribution in [3.05, 3.63) is 65.1 Å². The number of fused-ring (bicyclic) bond motifs is 1. The first-order valence-electron chi connectivity index (χ1n) is 7.37. The lowest BCUT2D eigenvalue weighted by Gasteiger charge is -2.12. The van der Waals surface area contributed by atoms with Gasteiger partial charge in [0.1, 0.15) is 11.6 Å². The molecule has 2 aromatic carbocycles. The molecule has 0 saturated carbocycles. The molecule has 122 valence electrons. The third-order valence-electron chi connectivity index (χ3n) is 3.47. The summed E-state index contributed by atoms with van der Waals surface area (Å²) in [6, 6.07) is 11.7. The molecule has 0 aliphatic rings. The number of carbonyl (C=O) groups is 1. The molecular formula is C18H14ClFN2O2. The summed E-state index contributed by atoms with van der Waals surface area (Å²) in [5.41, 5.74) is 0.998. The number of pyridine rings is 1. The van der Waals surface area contributed by atoms with Crippen LogP contribution in [0.1, 0.15) is 17.3 Å². The largest absolute Gasteiger partial charge is 0.462 e. The van der Waals surface area contributed by atoms with Crippen LogP contribution in [0.25, 0.3) is 10.8 Å². The van der Waals surface area contributed by atoms with E-state index in [9.17, 15) is 9.18 Å². The number of nitrogens with zero attached hydrogens (tertiary/aromatic N) is 1. The summed E-state index contributed by atoms with van der Waals surface area (Å²) in [5.74, 6) is -0.364. The summed E-state index contributed by atoms with van der Waals surface area (Å²) in [7, 11) is 0. The van der Waals surface area contributed by atoms with Gasteiger partial charge in [0.25, 0.3) is 0 Å². The van der Waals surface area contributed by atoms with Crippen LogP contribution >= 0.6 is 11.6 Å². The second-order valence-electron chi connectivity index (χ2n) is 5.04. The van der Waals surface area contributed by atoms with Gasteiger partial charge in [-0.25, -0.2) is 14.2 Å². The number of carbonyl (C=O) groups excluding carboxylic acids is 1. The average Bonchev–Trinajstić information content (AvgIpc) is 2.58. The molecule has 0 unspecified atom stereocenters. The van der Waals surface area contributed by atoms with E-state index in [1.165, 1.54) is 18.3 Å². The molecule has 0 saturated heterocycles. The molecule has 1 aromatic heterocycles. The maximum absolute atomic E-state index is 13.3. The number of anilines is 2. The molecule has 0 fully saturated rings. The van der Waals surface area contributed by atoms with E-state index < -0.39 is 11.8 Å². The molecule has 1 N–H and O–H groups in total. The Morgan fingerprint density at radius 2 is 2.00 bits per heavy atom. The van der Waals surface area contributed by atoms with Gasteiger partial charge in [-0.1, -0.05) is 35.9 Å². The Morgan fingerprint density at radius 3 is 2.71 bits per heavy atom. The Balaban J connectivity index is 2.04. The Hall–Kier alpha value is -2.66. The molecule has 0 bridgehead atoms. The van der Waals surface area contributed by atoms with Gasteiger partial charge in [-0.3, -0.25) is 0 Å². The Kier molecular flexibility index (Phi) is 4.62. The van der Waals surface area contributed by atoms with Crippen LogP contribution in [0.3, 0.4) is 0 Å². The lowest BCUT2D eigenvalue weighted by atomic mass is 10.1. The van der Waals surface area contributed by atoms with Crippen molar-refractivity contribution in [3.63, 3.8) is 0 Å². The van der Waals surface area contributed by atoms with Crippen LogP contribution in [0, 0.1) is 5.82 Å². The predicted octanol–water partition coefficient (Wildman–Crippen LogP) is 4.95. The first kappa shape index (κ1) is 16.2. The van der Waals surface area contributed by atoms with E-state index in [0.29, 0.717) is 23.7 Å². The van der Waals surface area contributed by atoms with Crippen LogP contribution in [-0.2, 0) is 4.74 Å². The second kappa shape index (κ2) is 6.84. The van der Waals surface area contributed by atoms with E-state index in [2.05, 4.69) is 10.3 Å². The van der Waals surface area contributed by atoms with Crippen LogP contribution in [0.5, 0.6) is 0 Å². The fraction of sp³-hybridized carbons (Fsp3) is 0.111. The lowest BCUT2D eigenvalue weighted by Crippen LogP contribution is -2.07. The van der Waals surface area contributed by atoms with Gasteiger partial charge in [-0.15, -0.1) is 0 Å². The minimum absolute atomic E-state index is 0.0208. The predicted molar refractivity (Wildman–Crippen MR) is 92.4 cm³/mol.